The van der Waals surface area contributed by atoms with E-state index in [1.165, 1.54) is 5.56 Å². The van der Waals surface area contributed by atoms with E-state index in [1.54, 1.807) is 12.3 Å². The fourth-order valence-corrected chi connectivity index (χ4v) is 1.93. The number of nitriles is 1. The second kappa shape index (κ2) is 5.33. The lowest BCUT2D eigenvalue weighted by atomic mass is 10.2. The van der Waals surface area contributed by atoms with Crippen LogP contribution in [0.5, 0.6) is 0 Å². The van der Waals surface area contributed by atoms with Crippen molar-refractivity contribution < 1.29 is 0 Å². The summed E-state index contributed by atoms with van der Waals surface area (Å²) in [5, 5.41) is 8.78. The molecule has 0 aliphatic heterocycles. The Morgan fingerprint density at radius 2 is 2.00 bits per heavy atom. The van der Waals surface area contributed by atoms with Crippen LogP contribution in [-0.2, 0) is 0 Å². The van der Waals surface area contributed by atoms with Crippen molar-refractivity contribution in [2.75, 3.05) is 11.4 Å². The van der Waals surface area contributed by atoms with Gasteiger partial charge in [0.25, 0.3) is 0 Å². The van der Waals surface area contributed by atoms with Gasteiger partial charge in [0.15, 0.2) is 0 Å². The Kier molecular flexibility index (Phi) is 3.59. The van der Waals surface area contributed by atoms with Crippen LogP contribution in [0.25, 0.3) is 0 Å². The molecule has 0 atom stereocenters. The fraction of sp³-hybridized carbons (Fsp3) is 0.200. The van der Waals surface area contributed by atoms with Crippen LogP contribution < -0.4 is 4.90 Å². The predicted molar refractivity (Wildman–Crippen MR) is 72.8 cm³/mol. The Hall–Kier alpha value is -2.34. The second-order valence-electron chi connectivity index (χ2n) is 4.05. The van der Waals surface area contributed by atoms with Gasteiger partial charge < -0.3 is 4.90 Å². The Bertz CT molecular complexity index is 567. The molecule has 0 aliphatic carbocycles. The molecule has 0 spiro atoms. The quantitative estimate of drug-likeness (QED) is 0.821. The van der Waals surface area contributed by atoms with Crippen LogP contribution in [0, 0.1) is 18.3 Å². The molecule has 2 rings (SSSR count). The molecular formula is C15H15N3. The number of pyridine rings is 1. The average molecular weight is 237 g/mol. The maximum Gasteiger partial charge on any atom is 0.132 e. The summed E-state index contributed by atoms with van der Waals surface area (Å²) in [6.45, 7) is 5.01. The van der Waals surface area contributed by atoms with Crippen LogP contribution in [0.2, 0.25) is 0 Å². The molecule has 0 N–H and O–H groups in total. The van der Waals surface area contributed by atoms with Crippen LogP contribution >= 0.6 is 0 Å². The molecule has 0 amide bonds. The zero-order chi connectivity index (χ0) is 13.0. The summed E-state index contributed by atoms with van der Waals surface area (Å²) >= 11 is 0. The standard InChI is InChI=1S/C15H15N3/c1-3-18(14-7-5-4-6-12(14)2)15-9-8-13(10-16)11-17-15/h4-9,11H,3H2,1-2H3. The third-order valence-corrected chi connectivity index (χ3v) is 2.88. The third kappa shape index (κ3) is 2.33. The summed E-state index contributed by atoms with van der Waals surface area (Å²) in [6, 6.07) is 14.0. The highest BCUT2D eigenvalue weighted by Gasteiger charge is 2.10. The molecule has 2 aromatic rings. The number of hydrogen-bond donors (Lipinski definition) is 0. The normalized spacial score (nSPS) is 9.83. The van der Waals surface area contributed by atoms with Gasteiger partial charge in [-0.25, -0.2) is 4.98 Å². The number of aromatic nitrogens is 1. The minimum Gasteiger partial charge on any atom is -0.326 e. The van der Waals surface area contributed by atoms with E-state index < -0.39 is 0 Å². The van der Waals surface area contributed by atoms with Gasteiger partial charge in [-0.3, -0.25) is 0 Å². The first-order chi connectivity index (χ1) is 8.76. The molecule has 0 bridgehead atoms. The monoisotopic (exact) mass is 237 g/mol. The molecule has 1 aromatic carbocycles. The van der Waals surface area contributed by atoms with Gasteiger partial charge in [-0.15, -0.1) is 0 Å². The van der Waals surface area contributed by atoms with E-state index in [9.17, 15) is 0 Å². The Balaban J connectivity index is 2.40. The zero-order valence-electron chi connectivity index (χ0n) is 10.6. The van der Waals surface area contributed by atoms with Crippen molar-refractivity contribution in [1.29, 1.82) is 5.26 Å². The number of anilines is 2. The van der Waals surface area contributed by atoms with E-state index in [0.29, 0.717) is 5.56 Å². The highest BCUT2D eigenvalue weighted by molar-refractivity contribution is 5.63. The lowest BCUT2D eigenvalue weighted by Crippen LogP contribution is -2.18. The first kappa shape index (κ1) is 12.1. The molecular weight excluding hydrogens is 222 g/mol. The van der Waals surface area contributed by atoms with Gasteiger partial charge in [-0.1, -0.05) is 18.2 Å². The molecule has 1 aromatic heterocycles. The van der Waals surface area contributed by atoms with Gasteiger partial charge in [0.1, 0.15) is 11.9 Å². The molecule has 3 heteroatoms. The van der Waals surface area contributed by atoms with E-state index in [1.807, 2.05) is 18.2 Å². The minimum atomic E-state index is 0.583. The smallest absolute Gasteiger partial charge is 0.132 e. The summed E-state index contributed by atoms with van der Waals surface area (Å²) in [6.07, 6.45) is 1.61. The van der Waals surface area contributed by atoms with E-state index in [-0.39, 0.29) is 0 Å². The number of nitrogens with zero attached hydrogens (tertiary/aromatic N) is 3. The fourth-order valence-electron chi connectivity index (χ4n) is 1.93. The largest absolute Gasteiger partial charge is 0.326 e. The molecule has 0 radical (unpaired) electrons. The highest BCUT2D eigenvalue weighted by Crippen LogP contribution is 2.26. The van der Waals surface area contributed by atoms with Crippen LogP contribution in [-0.4, -0.2) is 11.5 Å². The Morgan fingerprint density at radius 3 is 2.56 bits per heavy atom. The van der Waals surface area contributed by atoms with Crippen molar-refractivity contribution in [2.24, 2.45) is 0 Å². The van der Waals surface area contributed by atoms with E-state index >= 15 is 0 Å². The van der Waals surface area contributed by atoms with E-state index in [0.717, 1.165) is 18.1 Å². The van der Waals surface area contributed by atoms with Crippen LogP contribution in [0.1, 0.15) is 18.1 Å². The summed E-state index contributed by atoms with van der Waals surface area (Å²) in [4.78, 5) is 6.48. The first-order valence-corrected chi connectivity index (χ1v) is 5.95. The second-order valence-corrected chi connectivity index (χ2v) is 4.05. The van der Waals surface area contributed by atoms with Crippen LogP contribution in [0.3, 0.4) is 0 Å². The third-order valence-electron chi connectivity index (χ3n) is 2.88. The van der Waals surface area contributed by atoms with E-state index in [2.05, 4.69) is 41.9 Å². The van der Waals surface area contributed by atoms with Crippen molar-refractivity contribution in [3.05, 3.63) is 53.7 Å². The number of hydrogen-bond acceptors (Lipinski definition) is 3. The van der Waals surface area contributed by atoms with Gasteiger partial charge in [-0.05, 0) is 37.6 Å². The zero-order valence-corrected chi connectivity index (χ0v) is 10.6. The minimum absolute atomic E-state index is 0.583. The van der Waals surface area contributed by atoms with Crippen LogP contribution in [0.15, 0.2) is 42.6 Å². The van der Waals surface area contributed by atoms with Crippen molar-refractivity contribution in [3.8, 4) is 6.07 Å². The maximum absolute atomic E-state index is 8.78. The number of aryl methyl sites for hydroxylation is 1. The maximum atomic E-state index is 8.78. The first-order valence-electron chi connectivity index (χ1n) is 5.95. The Morgan fingerprint density at radius 1 is 1.22 bits per heavy atom. The molecule has 3 nitrogen and oxygen atoms in total. The lowest BCUT2D eigenvalue weighted by molar-refractivity contribution is 0.982. The van der Waals surface area contributed by atoms with Crippen molar-refractivity contribution in [2.45, 2.75) is 13.8 Å². The summed E-state index contributed by atoms with van der Waals surface area (Å²) in [7, 11) is 0. The van der Waals surface area contributed by atoms with Gasteiger partial charge in [0.2, 0.25) is 0 Å². The average Bonchev–Trinajstić information content (AvgIpc) is 2.42. The summed E-state index contributed by atoms with van der Waals surface area (Å²) < 4.78 is 0. The number of rotatable bonds is 3. The van der Waals surface area contributed by atoms with Gasteiger partial charge in [-0.2, -0.15) is 5.26 Å². The molecule has 0 fully saturated rings. The number of para-hydroxylation sites is 1. The van der Waals surface area contributed by atoms with Gasteiger partial charge >= 0.3 is 0 Å². The number of benzene rings is 1. The molecule has 18 heavy (non-hydrogen) atoms. The van der Waals surface area contributed by atoms with Gasteiger partial charge in [0.05, 0.1) is 5.56 Å². The summed E-state index contributed by atoms with van der Waals surface area (Å²) in [5.74, 6) is 0.866. The molecule has 90 valence electrons. The predicted octanol–water partition coefficient (Wildman–Crippen LogP) is 3.42. The molecule has 0 aliphatic rings. The van der Waals surface area contributed by atoms with Crippen molar-refractivity contribution in [1.82, 2.24) is 4.98 Å². The van der Waals surface area contributed by atoms with Crippen molar-refractivity contribution in [3.63, 3.8) is 0 Å². The van der Waals surface area contributed by atoms with Crippen LogP contribution in [0.4, 0.5) is 11.5 Å². The molecule has 0 saturated carbocycles. The Labute approximate surface area is 107 Å². The van der Waals surface area contributed by atoms with E-state index in [4.69, 9.17) is 5.26 Å². The molecule has 1 heterocycles. The SMILES string of the molecule is CCN(c1ccc(C#N)cn1)c1ccccc1C. The molecule has 0 saturated heterocycles. The van der Waals surface area contributed by atoms with Crippen molar-refractivity contribution >= 4 is 11.5 Å². The molecule has 0 unspecified atom stereocenters. The topological polar surface area (TPSA) is 39.9 Å². The highest BCUT2D eigenvalue weighted by atomic mass is 15.2. The lowest BCUT2D eigenvalue weighted by Gasteiger charge is -2.23. The summed E-state index contributed by atoms with van der Waals surface area (Å²) in [5.41, 5.74) is 2.95. The van der Waals surface area contributed by atoms with Gasteiger partial charge in [0, 0.05) is 18.4 Å².